The number of rotatable bonds is 2. The molecule has 2 nitrogen and oxygen atoms in total. The number of hydrogen-bond donors (Lipinski definition) is 1. The van der Waals surface area contributed by atoms with Crippen LogP contribution in [0.1, 0.15) is 21.5 Å². The van der Waals surface area contributed by atoms with E-state index in [1.807, 2.05) is 48.7 Å². The number of ketones is 1. The minimum atomic E-state index is 0.124. The molecule has 0 amide bonds. The lowest BCUT2D eigenvalue weighted by Crippen LogP contribution is -2.02. The number of carbonyl (C=O) groups excluding carboxylic acids is 1. The number of para-hydroxylation sites is 1. The Bertz CT molecular complexity index is 854. The molecule has 0 bridgehead atoms. The van der Waals surface area contributed by atoms with Crippen molar-refractivity contribution in [3.63, 3.8) is 0 Å². The molecule has 1 aliphatic carbocycles. The van der Waals surface area contributed by atoms with Crippen LogP contribution < -0.4 is 0 Å². The molecule has 0 spiro atoms. The van der Waals surface area contributed by atoms with Crippen LogP contribution in [0.2, 0.25) is 0 Å². The van der Waals surface area contributed by atoms with Crippen molar-refractivity contribution >= 4 is 22.8 Å². The van der Waals surface area contributed by atoms with Gasteiger partial charge in [-0.3, -0.25) is 4.79 Å². The second kappa shape index (κ2) is 4.20. The topological polar surface area (TPSA) is 32.9 Å². The maximum absolute atomic E-state index is 12.7. The van der Waals surface area contributed by atoms with Crippen molar-refractivity contribution in [2.45, 2.75) is 6.42 Å². The van der Waals surface area contributed by atoms with Gasteiger partial charge in [-0.25, -0.2) is 0 Å². The molecule has 2 aromatic carbocycles. The van der Waals surface area contributed by atoms with Gasteiger partial charge in [0.15, 0.2) is 5.78 Å². The lowest BCUT2D eigenvalue weighted by Gasteiger charge is -2.00. The van der Waals surface area contributed by atoms with Gasteiger partial charge in [0.2, 0.25) is 0 Å². The van der Waals surface area contributed by atoms with E-state index in [-0.39, 0.29) is 5.78 Å². The van der Waals surface area contributed by atoms with Gasteiger partial charge in [0, 0.05) is 34.7 Å². The molecule has 0 radical (unpaired) electrons. The van der Waals surface area contributed by atoms with E-state index in [4.69, 9.17) is 0 Å². The molecule has 1 heterocycles. The Morgan fingerprint density at radius 1 is 1.00 bits per heavy atom. The number of aromatic nitrogens is 1. The monoisotopic (exact) mass is 259 g/mol. The summed E-state index contributed by atoms with van der Waals surface area (Å²) in [6, 6.07) is 16.1. The molecular weight excluding hydrogens is 246 g/mol. The van der Waals surface area contributed by atoms with Gasteiger partial charge in [-0.15, -0.1) is 0 Å². The minimum Gasteiger partial charge on any atom is -0.360 e. The van der Waals surface area contributed by atoms with Crippen LogP contribution >= 0.6 is 0 Å². The van der Waals surface area contributed by atoms with Crippen molar-refractivity contribution in [3.8, 4) is 0 Å². The summed E-state index contributed by atoms with van der Waals surface area (Å²) in [7, 11) is 0. The fourth-order valence-corrected chi connectivity index (χ4v) is 2.86. The first-order valence-corrected chi connectivity index (χ1v) is 6.72. The smallest absolute Gasteiger partial charge is 0.191 e. The van der Waals surface area contributed by atoms with Crippen molar-refractivity contribution in [2.24, 2.45) is 0 Å². The van der Waals surface area contributed by atoms with Crippen LogP contribution in [0, 0.1) is 0 Å². The summed E-state index contributed by atoms with van der Waals surface area (Å²) in [6.45, 7) is 0. The van der Waals surface area contributed by atoms with Crippen molar-refractivity contribution in [3.05, 3.63) is 77.0 Å². The first-order valence-electron chi connectivity index (χ1n) is 6.72. The number of hydrogen-bond acceptors (Lipinski definition) is 1. The molecule has 1 N–H and O–H groups in total. The van der Waals surface area contributed by atoms with E-state index >= 15 is 0 Å². The summed E-state index contributed by atoms with van der Waals surface area (Å²) in [4.78, 5) is 15.9. The van der Waals surface area contributed by atoms with Crippen LogP contribution in [0.5, 0.6) is 0 Å². The Morgan fingerprint density at radius 3 is 2.70 bits per heavy atom. The Labute approximate surface area is 116 Å². The highest BCUT2D eigenvalue weighted by Crippen LogP contribution is 2.29. The fraction of sp³-hybridized carbons (Fsp3) is 0.0556. The molecule has 20 heavy (non-hydrogen) atoms. The Hall–Kier alpha value is -2.61. The summed E-state index contributed by atoms with van der Waals surface area (Å²) in [5.41, 5.74) is 5.04. The molecule has 2 heteroatoms. The third-order valence-corrected chi connectivity index (χ3v) is 3.89. The number of aromatic amines is 1. The molecule has 0 saturated heterocycles. The quantitative estimate of drug-likeness (QED) is 0.693. The molecule has 0 saturated carbocycles. The van der Waals surface area contributed by atoms with Crippen molar-refractivity contribution in [2.75, 3.05) is 0 Å². The van der Waals surface area contributed by atoms with Crippen LogP contribution in [0.25, 0.3) is 17.0 Å². The highest BCUT2D eigenvalue weighted by atomic mass is 16.1. The molecule has 1 aliphatic rings. The second-order valence-corrected chi connectivity index (χ2v) is 5.12. The summed E-state index contributed by atoms with van der Waals surface area (Å²) in [6.07, 6.45) is 4.56. The van der Waals surface area contributed by atoms with Gasteiger partial charge in [0.1, 0.15) is 0 Å². The second-order valence-electron chi connectivity index (χ2n) is 5.12. The highest BCUT2D eigenvalue weighted by molar-refractivity contribution is 6.18. The largest absolute Gasteiger partial charge is 0.360 e. The number of carbonyl (C=O) groups is 1. The zero-order valence-electron chi connectivity index (χ0n) is 10.9. The maximum Gasteiger partial charge on any atom is 0.191 e. The zero-order chi connectivity index (χ0) is 13.5. The number of benzene rings is 2. The third kappa shape index (κ3) is 1.62. The fourth-order valence-electron chi connectivity index (χ4n) is 2.86. The van der Waals surface area contributed by atoms with Crippen molar-refractivity contribution < 1.29 is 4.79 Å². The molecule has 0 unspecified atom stereocenters. The maximum atomic E-state index is 12.7. The SMILES string of the molecule is O=C(C1=Cc2ccccc2C1)c1c[nH]c2ccccc12. The number of allylic oxidation sites excluding steroid dienone is 1. The average Bonchev–Trinajstić information content (AvgIpc) is 3.10. The van der Waals surface area contributed by atoms with E-state index in [0.29, 0.717) is 0 Å². The normalized spacial score (nSPS) is 13.3. The standard InChI is InChI=1S/C18H13NO/c20-18(14-9-12-5-1-2-6-13(12)10-14)16-11-19-17-8-4-3-7-15(16)17/h1-9,11,19H,10H2. The van der Waals surface area contributed by atoms with Gasteiger partial charge < -0.3 is 4.98 Å². The lowest BCUT2D eigenvalue weighted by atomic mass is 10.0. The van der Waals surface area contributed by atoms with Gasteiger partial charge in [0.05, 0.1) is 0 Å². The van der Waals surface area contributed by atoms with E-state index < -0.39 is 0 Å². The van der Waals surface area contributed by atoms with Gasteiger partial charge in [0.25, 0.3) is 0 Å². The van der Waals surface area contributed by atoms with Crippen LogP contribution in [-0.2, 0) is 6.42 Å². The molecule has 1 aromatic heterocycles. The molecule has 4 rings (SSSR count). The van der Waals surface area contributed by atoms with Crippen LogP contribution in [0.15, 0.2) is 60.3 Å². The van der Waals surface area contributed by atoms with Gasteiger partial charge >= 0.3 is 0 Å². The Kier molecular flexibility index (Phi) is 2.36. The van der Waals surface area contributed by atoms with E-state index in [2.05, 4.69) is 17.1 Å². The predicted octanol–water partition coefficient (Wildman–Crippen LogP) is 3.99. The molecule has 3 aromatic rings. The highest BCUT2D eigenvalue weighted by Gasteiger charge is 2.21. The molecule has 0 atom stereocenters. The summed E-state index contributed by atoms with van der Waals surface area (Å²) < 4.78 is 0. The van der Waals surface area contributed by atoms with Crippen molar-refractivity contribution in [1.82, 2.24) is 4.98 Å². The van der Waals surface area contributed by atoms with Gasteiger partial charge in [-0.2, -0.15) is 0 Å². The van der Waals surface area contributed by atoms with Crippen molar-refractivity contribution in [1.29, 1.82) is 0 Å². The average molecular weight is 259 g/mol. The predicted molar refractivity (Wildman–Crippen MR) is 80.8 cm³/mol. The number of nitrogens with one attached hydrogen (secondary N) is 1. The minimum absolute atomic E-state index is 0.124. The van der Waals surface area contributed by atoms with E-state index in [1.54, 1.807) is 0 Å². The Balaban J connectivity index is 1.76. The number of fused-ring (bicyclic) bond motifs is 2. The Morgan fingerprint density at radius 2 is 1.80 bits per heavy atom. The first-order chi connectivity index (χ1) is 9.83. The van der Waals surface area contributed by atoms with Crippen LogP contribution in [-0.4, -0.2) is 10.8 Å². The molecule has 0 fully saturated rings. The molecule has 96 valence electrons. The van der Waals surface area contributed by atoms with E-state index in [1.165, 1.54) is 5.56 Å². The van der Waals surface area contributed by atoms with Crippen LogP contribution in [0.3, 0.4) is 0 Å². The lowest BCUT2D eigenvalue weighted by molar-refractivity contribution is 0.103. The summed E-state index contributed by atoms with van der Waals surface area (Å²) in [5.74, 6) is 0.124. The summed E-state index contributed by atoms with van der Waals surface area (Å²) in [5, 5.41) is 0.995. The number of Topliss-reactive ketones (excluding diaryl/α,β-unsaturated/α-hetero) is 1. The van der Waals surface area contributed by atoms with Gasteiger partial charge in [-0.05, 0) is 23.3 Å². The van der Waals surface area contributed by atoms with Crippen LogP contribution in [0.4, 0.5) is 0 Å². The van der Waals surface area contributed by atoms with E-state index in [0.717, 1.165) is 34.0 Å². The third-order valence-electron chi connectivity index (χ3n) is 3.89. The molecule has 0 aliphatic heterocycles. The summed E-state index contributed by atoms with van der Waals surface area (Å²) >= 11 is 0. The molecular formula is C18H13NO. The zero-order valence-corrected chi connectivity index (χ0v) is 10.9. The van der Waals surface area contributed by atoms with Gasteiger partial charge in [-0.1, -0.05) is 42.5 Å². The first kappa shape index (κ1) is 11.2. The number of H-pyrrole nitrogens is 1. The van der Waals surface area contributed by atoms with E-state index in [9.17, 15) is 4.79 Å².